The molecule has 2 aromatic carbocycles. The largest absolute Gasteiger partial charge is 0.338 e. The number of para-hydroxylation sites is 1. The number of quaternary nitrogens is 1. The predicted octanol–water partition coefficient (Wildman–Crippen LogP) is 3.32. The number of carbonyl (C=O) groups excluding carboxylic acids is 1. The van der Waals surface area contributed by atoms with Gasteiger partial charge in [-0.15, -0.1) is 23.5 Å². The van der Waals surface area contributed by atoms with Crippen LogP contribution in [-0.4, -0.2) is 31.0 Å². The van der Waals surface area contributed by atoms with E-state index in [1.807, 2.05) is 42.3 Å². The molecule has 0 bridgehead atoms. The molecule has 0 saturated heterocycles. The van der Waals surface area contributed by atoms with Crippen LogP contribution in [0.15, 0.2) is 52.3 Å². The molecule has 0 unspecified atom stereocenters. The van der Waals surface area contributed by atoms with Crippen LogP contribution >= 0.6 is 23.5 Å². The van der Waals surface area contributed by atoms with E-state index in [1.54, 1.807) is 11.8 Å². The molecule has 3 N–H and O–H groups in total. The number of hydrogen-bond acceptors (Lipinski definition) is 3. The topological polar surface area (TPSA) is 45.7 Å². The maximum atomic E-state index is 12.0. The summed E-state index contributed by atoms with van der Waals surface area (Å²) in [6, 6.07) is 14.4. The highest BCUT2D eigenvalue weighted by Crippen LogP contribution is 2.24. The molecule has 0 aromatic heterocycles. The zero-order valence-corrected chi connectivity index (χ0v) is 16.1. The number of amides is 1. The van der Waals surface area contributed by atoms with Crippen molar-refractivity contribution in [3.8, 4) is 0 Å². The quantitative estimate of drug-likeness (QED) is 0.560. The van der Waals surface area contributed by atoms with Crippen molar-refractivity contribution < 1.29 is 10.1 Å². The minimum atomic E-state index is 0.0488. The van der Waals surface area contributed by atoms with Gasteiger partial charge in [-0.3, -0.25) is 4.79 Å². The monoisotopic (exact) mass is 361 g/mol. The Labute approximate surface area is 153 Å². The minimum absolute atomic E-state index is 0.0488. The predicted molar refractivity (Wildman–Crippen MR) is 105 cm³/mol. The van der Waals surface area contributed by atoms with Crippen molar-refractivity contribution in [2.45, 2.75) is 23.6 Å². The molecule has 24 heavy (non-hydrogen) atoms. The lowest BCUT2D eigenvalue weighted by atomic mass is 10.1. The van der Waals surface area contributed by atoms with Gasteiger partial charge in [-0.2, -0.15) is 0 Å². The van der Waals surface area contributed by atoms with Crippen LogP contribution < -0.4 is 10.6 Å². The molecule has 1 amide bonds. The number of thioether (sulfide) groups is 2. The molecule has 5 heteroatoms. The van der Waals surface area contributed by atoms with Crippen LogP contribution in [0.25, 0.3) is 0 Å². The molecule has 0 atom stereocenters. The smallest absolute Gasteiger partial charge is 0.279 e. The maximum absolute atomic E-state index is 12.0. The molecular formula is C19H25N2OS2+. The zero-order chi connectivity index (χ0) is 17.4. The van der Waals surface area contributed by atoms with Gasteiger partial charge in [-0.25, -0.2) is 0 Å². The van der Waals surface area contributed by atoms with Crippen molar-refractivity contribution in [2.75, 3.05) is 30.4 Å². The minimum Gasteiger partial charge on any atom is -0.338 e. The molecule has 0 spiro atoms. The van der Waals surface area contributed by atoms with E-state index in [0.29, 0.717) is 6.54 Å². The number of carbonyl (C=O) groups is 1. The molecule has 0 fully saturated rings. The first-order valence-corrected chi connectivity index (χ1v) is 10.3. The van der Waals surface area contributed by atoms with E-state index in [2.05, 4.69) is 42.7 Å². The summed E-state index contributed by atoms with van der Waals surface area (Å²) in [6.07, 6.45) is 2.02. The molecule has 0 radical (unpaired) electrons. The molecule has 0 aliphatic heterocycles. The van der Waals surface area contributed by atoms with Gasteiger partial charge in [0.05, 0.1) is 12.2 Å². The Hall–Kier alpha value is -1.43. The Morgan fingerprint density at radius 3 is 2.67 bits per heavy atom. The van der Waals surface area contributed by atoms with Crippen molar-refractivity contribution in [2.24, 2.45) is 0 Å². The van der Waals surface area contributed by atoms with Gasteiger partial charge in [0.2, 0.25) is 0 Å². The van der Waals surface area contributed by atoms with Gasteiger partial charge in [0.25, 0.3) is 5.91 Å². The number of hydrogen-bond donors (Lipinski definition) is 2. The van der Waals surface area contributed by atoms with Crippen LogP contribution in [0.2, 0.25) is 0 Å². The summed E-state index contributed by atoms with van der Waals surface area (Å²) in [4.78, 5) is 14.4. The van der Waals surface area contributed by atoms with Gasteiger partial charge in [0, 0.05) is 15.5 Å². The van der Waals surface area contributed by atoms with Crippen LogP contribution in [-0.2, 0) is 4.79 Å². The third-order valence-corrected chi connectivity index (χ3v) is 5.60. The Balaban J connectivity index is 1.68. The first kappa shape index (κ1) is 18.9. The van der Waals surface area contributed by atoms with Gasteiger partial charge in [0.15, 0.2) is 6.54 Å². The van der Waals surface area contributed by atoms with E-state index in [0.717, 1.165) is 22.9 Å². The van der Waals surface area contributed by atoms with E-state index in [-0.39, 0.29) is 5.91 Å². The number of rotatable bonds is 8. The number of nitrogens with two attached hydrogens (primary N) is 1. The number of nitrogens with one attached hydrogen (secondary N) is 1. The lowest BCUT2D eigenvalue weighted by Gasteiger charge is -2.08. The Morgan fingerprint density at radius 1 is 1.12 bits per heavy atom. The summed E-state index contributed by atoms with van der Waals surface area (Å²) >= 11 is 3.48. The number of anilines is 1. The lowest BCUT2D eigenvalue weighted by Crippen LogP contribution is -2.86. The van der Waals surface area contributed by atoms with E-state index in [1.165, 1.54) is 16.0 Å². The van der Waals surface area contributed by atoms with E-state index in [9.17, 15) is 4.79 Å². The first-order valence-electron chi connectivity index (χ1n) is 8.04. The Morgan fingerprint density at radius 2 is 1.92 bits per heavy atom. The summed E-state index contributed by atoms with van der Waals surface area (Å²) in [5, 5.41) is 5.05. The molecule has 0 heterocycles. The highest BCUT2D eigenvalue weighted by Gasteiger charge is 2.07. The summed E-state index contributed by atoms with van der Waals surface area (Å²) in [7, 11) is 0. The van der Waals surface area contributed by atoms with Gasteiger partial charge < -0.3 is 10.6 Å². The van der Waals surface area contributed by atoms with Crippen molar-refractivity contribution in [1.82, 2.24) is 0 Å². The van der Waals surface area contributed by atoms with E-state index >= 15 is 0 Å². The molecule has 128 valence electrons. The second kappa shape index (κ2) is 9.77. The van der Waals surface area contributed by atoms with Crippen LogP contribution in [0, 0.1) is 13.8 Å². The molecule has 2 aromatic rings. The fourth-order valence-corrected chi connectivity index (χ4v) is 3.74. The highest BCUT2D eigenvalue weighted by atomic mass is 32.2. The number of aryl methyl sites for hydroxylation is 2. The molecule has 0 aliphatic rings. The van der Waals surface area contributed by atoms with Crippen molar-refractivity contribution in [3.05, 3.63) is 53.6 Å². The number of benzene rings is 2. The standard InChI is InChI=1S/C19H24N2OS2/c1-14-8-9-16(12-15(14)2)24-11-10-20-13-19(22)21-17-6-4-5-7-18(17)23-3/h4-9,12,20H,10-11,13H2,1-3H3,(H,21,22)/p+1. The summed E-state index contributed by atoms with van der Waals surface area (Å²) in [5.41, 5.74) is 3.55. The van der Waals surface area contributed by atoms with Gasteiger partial charge >= 0.3 is 0 Å². The average molecular weight is 362 g/mol. The maximum Gasteiger partial charge on any atom is 0.279 e. The Bertz CT molecular complexity index is 689. The van der Waals surface area contributed by atoms with Crippen molar-refractivity contribution >= 4 is 35.1 Å². The summed E-state index contributed by atoms with van der Waals surface area (Å²) in [6.45, 7) is 5.65. The molecule has 0 saturated carbocycles. The lowest BCUT2D eigenvalue weighted by molar-refractivity contribution is -0.639. The van der Waals surface area contributed by atoms with Gasteiger partial charge in [-0.05, 0) is 55.5 Å². The van der Waals surface area contributed by atoms with Gasteiger partial charge in [0.1, 0.15) is 0 Å². The fourth-order valence-electron chi connectivity index (χ4n) is 2.25. The highest BCUT2D eigenvalue weighted by molar-refractivity contribution is 7.99. The van der Waals surface area contributed by atoms with Crippen LogP contribution in [0.1, 0.15) is 11.1 Å². The fraction of sp³-hybridized carbons (Fsp3) is 0.316. The average Bonchev–Trinajstić information content (AvgIpc) is 2.58. The van der Waals surface area contributed by atoms with Crippen molar-refractivity contribution in [3.63, 3.8) is 0 Å². The second-order valence-corrected chi connectivity index (χ2v) is 7.64. The van der Waals surface area contributed by atoms with Crippen LogP contribution in [0.4, 0.5) is 5.69 Å². The molecule has 2 rings (SSSR count). The van der Waals surface area contributed by atoms with Crippen LogP contribution in [0.3, 0.4) is 0 Å². The SMILES string of the molecule is CSc1ccccc1NC(=O)C[NH2+]CCSc1ccc(C)c(C)c1. The summed E-state index contributed by atoms with van der Waals surface area (Å²) < 4.78 is 0. The third-order valence-electron chi connectivity index (χ3n) is 3.78. The van der Waals surface area contributed by atoms with Crippen LogP contribution in [0.5, 0.6) is 0 Å². The van der Waals surface area contributed by atoms with Crippen molar-refractivity contribution in [1.29, 1.82) is 0 Å². The van der Waals surface area contributed by atoms with E-state index < -0.39 is 0 Å². The summed E-state index contributed by atoms with van der Waals surface area (Å²) in [5.74, 6) is 1.05. The molecule has 3 nitrogen and oxygen atoms in total. The Kier molecular flexibility index (Phi) is 7.69. The second-order valence-electron chi connectivity index (χ2n) is 5.62. The molecular weight excluding hydrogens is 336 g/mol. The normalized spacial score (nSPS) is 10.6. The first-order chi connectivity index (χ1) is 11.6. The zero-order valence-electron chi connectivity index (χ0n) is 14.5. The van der Waals surface area contributed by atoms with Gasteiger partial charge in [-0.1, -0.05) is 18.2 Å². The van der Waals surface area contributed by atoms with E-state index in [4.69, 9.17) is 0 Å². The molecule has 0 aliphatic carbocycles. The third kappa shape index (κ3) is 5.89.